The fraction of sp³-hybridized carbons (Fsp3) is 0.167. The Labute approximate surface area is 88.2 Å². The van der Waals surface area contributed by atoms with Crippen molar-refractivity contribution in [2.75, 3.05) is 5.73 Å². The van der Waals surface area contributed by atoms with Gasteiger partial charge in [-0.3, -0.25) is 0 Å². The summed E-state index contributed by atoms with van der Waals surface area (Å²) in [7, 11) is 0. The van der Waals surface area contributed by atoms with Crippen LogP contribution >= 0.6 is 45.8 Å². The van der Waals surface area contributed by atoms with E-state index >= 15 is 0 Å². The first kappa shape index (κ1) is 9.35. The molecule has 2 nitrogen and oxygen atoms in total. The van der Waals surface area contributed by atoms with Crippen molar-refractivity contribution in [3.8, 4) is 0 Å². The van der Waals surface area contributed by atoms with Crippen molar-refractivity contribution in [1.82, 2.24) is 4.98 Å². The maximum Gasteiger partial charge on any atom is 0.149 e. The monoisotopic (exact) mass is 302 g/mol. The number of halogens is 3. The summed E-state index contributed by atoms with van der Waals surface area (Å²) in [6, 6.07) is 0. The smallest absolute Gasteiger partial charge is 0.149 e. The van der Waals surface area contributed by atoms with Gasteiger partial charge in [-0.25, -0.2) is 4.98 Å². The predicted octanol–water partition coefficient (Wildman–Crippen LogP) is 2.88. The zero-order valence-corrected chi connectivity index (χ0v) is 9.33. The molecule has 0 bridgehead atoms. The molecule has 0 saturated carbocycles. The number of anilines is 1. The Bertz CT molecular complexity index is 275. The van der Waals surface area contributed by atoms with Gasteiger partial charge in [0.25, 0.3) is 0 Å². The third kappa shape index (κ3) is 1.71. The van der Waals surface area contributed by atoms with E-state index in [0.717, 1.165) is 3.57 Å². The first-order valence-corrected chi connectivity index (χ1v) is 4.64. The van der Waals surface area contributed by atoms with Gasteiger partial charge in [-0.2, -0.15) is 0 Å². The van der Waals surface area contributed by atoms with Crippen molar-refractivity contribution < 1.29 is 0 Å². The lowest BCUT2D eigenvalue weighted by Crippen LogP contribution is -1.97. The van der Waals surface area contributed by atoms with Crippen LogP contribution in [-0.4, -0.2) is 4.98 Å². The lowest BCUT2D eigenvalue weighted by atomic mass is 10.3. The molecule has 0 fully saturated rings. The second-order valence-electron chi connectivity index (χ2n) is 2.03. The molecule has 1 aromatic rings. The van der Waals surface area contributed by atoms with E-state index in [0.29, 0.717) is 21.6 Å². The van der Waals surface area contributed by atoms with Crippen LogP contribution in [0.1, 0.15) is 5.69 Å². The van der Waals surface area contributed by atoms with Crippen LogP contribution in [0.25, 0.3) is 0 Å². The van der Waals surface area contributed by atoms with Crippen molar-refractivity contribution in [2.24, 2.45) is 0 Å². The van der Waals surface area contributed by atoms with Crippen molar-refractivity contribution >= 4 is 51.5 Å². The Kier molecular flexibility index (Phi) is 2.83. The number of nitrogens with two attached hydrogens (primary N) is 1. The summed E-state index contributed by atoms with van der Waals surface area (Å²) in [5.41, 5.74) is 6.95. The maximum atomic E-state index is 5.77. The molecule has 0 saturated heterocycles. The van der Waals surface area contributed by atoms with E-state index in [1.54, 1.807) is 6.92 Å². The van der Waals surface area contributed by atoms with E-state index in [9.17, 15) is 0 Å². The average Bonchev–Trinajstić information content (AvgIpc) is 1.97. The number of hydrogen-bond acceptors (Lipinski definition) is 2. The van der Waals surface area contributed by atoms with E-state index in [2.05, 4.69) is 4.98 Å². The van der Waals surface area contributed by atoms with Crippen LogP contribution in [0.2, 0.25) is 10.2 Å². The van der Waals surface area contributed by atoms with E-state index in [4.69, 9.17) is 28.9 Å². The number of nitrogen functional groups attached to an aromatic ring is 1. The van der Waals surface area contributed by atoms with Crippen molar-refractivity contribution in [1.29, 1.82) is 0 Å². The summed E-state index contributed by atoms with van der Waals surface area (Å²) < 4.78 is 0.766. The molecule has 60 valence electrons. The molecule has 2 N–H and O–H groups in total. The van der Waals surface area contributed by atoms with E-state index in [-0.39, 0.29) is 0 Å². The highest BCUT2D eigenvalue weighted by molar-refractivity contribution is 14.1. The van der Waals surface area contributed by atoms with Gasteiger partial charge >= 0.3 is 0 Å². The zero-order chi connectivity index (χ0) is 8.59. The number of aryl methyl sites for hydroxylation is 1. The van der Waals surface area contributed by atoms with E-state index in [1.165, 1.54) is 0 Å². The number of pyridine rings is 1. The quantitative estimate of drug-likeness (QED) is 0.591. The standard InChI is InChI=1S/C6H5Cl2IN2/c1-2-5(10)4(9)3(7)6(8)11-2/h10H2,1H3. The first-order chi connectivity index (χ1) is 5.04. The molecule has 0 aliphatic heterocycles. The highest BCUT2D eigenvalue weighted by Gasteiger charge is 2.09. The van der Waals surface area contributed by atoms with E-state index < -0.39 is 0 Å². The molecule has 0 atom stereocenters. The Morgan fingerprint density at radius 3 is 2.55 bits per heavy atom. The molecule has 11 heavy (non-hydrogen) atoms. The Morgan fingerprint density at radius 1 is 1.45 bits per heavy atom. The van der Waals surface area contributed by atoms with Gasteiger partial charge in [-0.15, -0.1) is 0 Å². The molecule has 0 amide bonds. The average molecular weight is 303 g/mol. The van der Waals surface area contributed by atoms with Gasteiger partial charge in [0.05, 0.1) is 20.0 Å². The number of rotatable bonds is 0. The third-order valence-corrected chi connectivity index (χ3v) is 3.44. The first-order valence-electron chi connectivity index (χ1n) is 2.80. The van der Waals surface area contributed by atoms with Gasteiger partial charge in [-0.1, -0.05) is 23.2 Å². The van der Waals surface area contributed by atoms with Gasteiger partial charge in [0.2, 0.25) is 0 Å². The van der Waals surface area contributed by atoms with Gasteiger partial charge in [-0.05, 0) is 29.5 Å². The molecule has 0 aliphatic rings. The molecule has 0 spiro atoms. The molecule has 1 heterocycles. The molecular formula is C6H5Cl2IN2. The molecule has 0 radical (unpaired) electrons. The third-order valence-electron chi connectivity index (χ3n) is 1.27. The van der Waals surface area contributed by atoms with Crippen LogP contribution in [0.15, 0.2) is 0 Å². The summed E-state index contributed by atoms with van der Waals surface area (Å²) in [6.07, 6.45) is 0. The highest BCUT2D eigenvalue weighted by atomic mass is 127. The second kappa shape index (κ2) is 3.33. The van der Waals surface area contributed by atoms with Gasteiger partial charge in [0.15, 0.2) is 0 Å². The lowest BCUT2D eigenvalue weighted by Gasteiger charge is -2.04. The Balaban J connectivity index is 3.46. The fourth-order valence-electron chi connectivity index (χ4n) is 0.624. The van der Waals surface area contributed by atoms with Gasteiger partial charge in [0.1, 0.15) is 5.15 Å². The summed E-state index contributed by atoms with van der Waals surface area (Å²) in [4.78, 5) is 3.94. The highest BCUT2D eigenvalue weighted by Crippen LogP contribution is 2.30. The lowest BCUT2D eigenvalue weighted by molar-refractivity contribution is 1.20. The number of hydrogen-bond donors (Lipinski definition) is 1. The molecule has 1 rings (SSSR count). The minimum Gasteiger partial charge on any atom is -0.396 e. The number of aromatic nitrogens is 1. The topological polar surface area (TPSA) is 38.9 Å². The van der Waals surface area contributed by atoms with Crippen LogP contribution in [0.4, 0.5) is 5.69 Å². The maximum absolute atomic E-state index is 5.77. The van der Waals surface area contributed by atoms with Gasteiger partial charge in [0, 0.05) is 0 Å². The molecule has 0 aliphatic carbocycles. The zero-order valence-electron chi connectivity index (χ0n) is 5.66. The van der Waals surface area contributed by atoms with Crippen LogP contribution in [-0.2, 0) is 0 Å². The van der Waals surface area contributed by atoms with Gasteiger partial charge < -0.3 is 5.73 Å². The van der Waals surface area contributed by atoms with Crippen molar-refractivity contribution in [3.63, 3.8) is 0 Å². The SMILES string of the molecule is Cc1nc(Cl)c(Cl)c(I)c1N. The largest absolute Gasteiger partial charge is 0.396 e. The Hall–Kier alpha value is 0.260. The van der Waals surface area contributed by atoms with Crippen LogP contribution < -0.4 is 5.73 Å². The summed E-state index contributed by atoms with van der Waals surface area (Å²) in [6.45, 7) is 1.79. The summed E-state index contributed by atoms with van der Waals surface area (Å²) >= 11 is 13.5. The summed E-state index contributed by atoms with van der Waals surface area (Å²) in [5.74, 6) is 0. The molecule has 1 aromatic heterocycles. The molecular weight excluding hydrogens is 298 g/mol. The minimum atomic E-state index is 0.308. The van der Waals surface area contributed by atoms with Crippen molar-refractivity contribution in [2.45, 2.75) is 6.92 Å². The second-order valence-corrected chi connectivity index (χ2v) is 3.84. The van der Waals surface area contributed by atoms with Crippen LogP contribution in [0, 0.1) is 10.5 Å². The fourth-order valence-corrected chi connectivity index (χ4v) is 1.79. The Morgan fingerprint density at radius 2 is 2.00 bits per heavy atom. The van der Waals surface area contributed by atoms with E-state index in [1.807, 2.05) is 22.6 Å². The summed E-state index contributed by atoms with van der Waals surface area (Å²) in [5, 5.41) is 0.734. The minimum absolute atomic E-state index is 0.308. The molecule has 5 heteroatoms. The number of nitrogens with zero attached hydrogens (tertiary/aromatic N) is 1. The molecule has 0 unspecified atom stereocenters. The van der Waals surface area contributed by atoms with Crippen molar-refractivity contribution in [3.05, 3.63) is 19.4 Å². The molecule has 0 aromatic carbocycles. The van der Waals surface area contributed by atoms with Crippen LogP contribution in [0.3, 0.4) is 0 Å². The van der Waals surface area contributed by atoms with Crippen LogP contribution in [0.5, 0.6) is 0 Å². The normalized spacial score (nSPS) is 10.2. The predicted molar refractivity (Wildman–Crippen MR) is 56.1 cm³/mol.